The maximum atomic E-state index is 13.4. The number of carbonyl (C=O) groups is 7. The molecule has 0 heterocycles. The van der Waals surface area contributed by atoms with E-state index in [2.05, 4.69) is 26.6 Å². The van der Waals surface area contributed by atoms with Crippen LogP contribution in [0.15, 0.2) is 30.3 Å². The van der Waals surface area contributed by atoms with Crippen molar-refractivity contribution in [1.29, 1.82) is 0 Å². The maximum absolute atomic E-state index is 13.4. The summed E-state index contributed by atoms with van der Waals surface area (Å²) in [5, 5.41) is 33.0. The summed E-state index contributed by atoms with van der Waals surface area (Å²) >= 11 is 0. The molecular weight excluding hydrogens is 857 g/mol. The summed E-state index contributed by atoms with van der Waals surface area (Å²) < 4.78 is 24.1. The number of carboxylic acids is 1. The van der Waals surface area contributed by atoms with E-state index in [0.717, 1.165) is 103 Å². The molecule has 65 heavy (non-hydrogen) atoms. The highest BCUT2D eigenvalue weighted by Crippen LogP contribution is 2.27. The highest BCUT2D eigenvalue weighted by molar-refractivity contribution is 7.90. The number of nitrogens with two attached hydrogens (primary N) is 1. The van der Waals surface area contributed by atoms with Crippen molar-refractivity contribution in [2.75, 3.05) is 12.0 Å². The van der Waals surface area contributed by atoms with Crippen molar-refractivity contribution in [2.45, 2.75) is 192 Å². The van der Waals surface area contributed by atoms with Gasteiger partial charge in [-0.05, 0) is 56.4 Å². The Hall–Kier alpha value is -4.58. The second-order valence-corrected chi connectivity index (χ2v) is 20.5. The Kier molecular flexibility index (Phi) is 26.6. The van der Waals surface area contributed by atoms with Crippen LogP contribution in [-0.4, -0.2) is 108 Å². The number of carbonyl (C=O) groups excluding carboxylic acids is 6. The van der Waals surface area contributed by atoms with Crippen LogP contribution in [-0.2, 0) is 49.8 Å². The zero-order valence-corrected chi connectivity index (χ0v) is 39.9. The lowest BCUT2D eigenvalue weighted by Gasteiger charge is -2.31. The third kappa shape index (κ3) is 24.5. The van der Waals surface area contributed by atoms with E-state index in [4.69, 9.17) is 5.73 Å². The van der Waals surface area contributed by atoms with Crippen LogP contribution in [0.25, 0.3) is 0 Å². The molecule has 1 aliphatic carbocycles. The van der Waals surface area contributed by atoms with Gasteiger partial charge in [0.25, 0.3) is 0 Å². The zero-order valence-electron chi connectivity index (χ0n) is 39.1. The molecule has 1 unspecified atom stereocenters. The highest BCUT2D eigenvalue weighted by atomic mass is 32.2. The van der Waals surface area contributed by atoms with Crippen LogP contribution in [0.5, 0.6) is 0 Å². The second-order valence-electron chi connectivity index (χ2n) is 18.3. The molecule has 6 amide bonds. The number of hydrogen-bond donors (Lipinski definition) is 8. The summed E-state index contributed by atoms with van der Waals surface area (Å²) in [5.41, 5.74) is 6.34. The van der Waals surface area contributed by atoms with Crippen molar-refractivity contribution in [1.82, 2.24) is 26.6 Å². The van der Waals surface area contributed by atoms with E-state index in [1.807, 2.05) is 13.8 Å². The molecule has 2 rings (SSSR count). The lowest BCUT2D eigenvalue weighted by molar-refractivity contribution is -0.142. The van der Waals surface area contributed by atoms with Crippen LogP contribution in [0.1, 0.15) is 155 Å². The van der Waals surface area contributed by atoms with Gasteiger partial charge in [0, 0.05) is 25.5 Å². The van der Waals surface area contributed by atoms with Crippen LogP contribution in [0.4, 0.5) is 0 Å². The van der Waals surface area contributed by atoms with Crippen LogP contribution in [0, 0.1) is 11.8 Å². The lowest BCUT2D eigenvalue weighted by atomic mass is 9.83. The van der Waals surface area contributed by atoms with Gasteiger partial charge in [-0.3, -0.25) is 28.8 Å². The number of unbranched alkanes of at least 4 members (excludes halogenated alkanes) is 11. The van der Waals surface area contributed by atoms with Crippen molar-refractivity contribution >= 4 is 51.2 Å². The fraction of sp³-hybridized carbons (Fsp3) is 0.723. The van der Waals surface area contributed by atoms with Crippen LogP contribution in [0.2, 0.25) is 0 Å². The second kappa shape index (κ2) is 30.6. The number of nitrogens with one attached hydrogen (secondary N) is 5. The van der Waals surface area contributed by atoms with E-state index in [1.54, 1.807) is 30.3 Å². The van der Waals surface area contributed by atoms with E-state index in [-0.39, 0.29) is 43.4 Å². The fourth-order valence-corrected chi connectivity index (χ4v) is 9.01. The third-order valence-corrected chi connectivity index (χ3v) is 12.7. The van der Waals surface area contributed by atoms with Crippen molar-refractivity contribution < 1.29 is 52.2 Å². The summed E-state index contributed by atoms with van der Waals surface area (Å²) in [6, 6.07) is 2.91. The molecular formula is C47H78N6O11S. The van der Waals surface area contributed by atoms with Gasteiger partial charge in [-0.2, -0.15) is 0 Å². The predicted molar refractivity (Wildman–Crippen MR) is 249 cm³/mol. The van der Waals surface area contributed by atoms with E-state index in [0.29, 0.717) is 18.4 Å². The molecule has 0 aliphatic heterocycles. The number of benzene rings is 1. The lowest BCUT2D eigenvalue weighted by Crippen LogP contribution is -2.59. The molecule has 0 spiro atoms. The Morgan fingerprint density at radius 3 is 1.58 bits per heavy atom. The average molecular weight is 935 g/mol. The Bertz CT molecular complexity index is 1760. The predicted octanol–water partition coefficient (Wildman–Crippen LogP) is 3.74. The topological polar surface area (TPSA) is 280 Å². The molecule has 368 valence electrons. The zero-order chi connectivity index (χ0) is 48.4. The van der Waals surface area contributed by atoms with Gasteiger partial charge in [0.1, 0.15) is 40.0 Å². The number of aliphatic hydroxyl groups excluding tert-OH is 1. The van der Waals surface area contributed by atoms with Crippen LogP contribution < -0.4 is 32.3 Å². The largest absolute Gasteiger partial charge is 0.480 e. The first kappa shape index (κ1) is 56.5. The van der Waals surface area contributed by atoms with E-state index in [9.17, 15) is 52.2 Å². The number of amides is 6. The molecule has 1 saturated carbocycles. The minimum Gasteiger partial charge on any atom is -0.480 e. The molecule has 1 aromatic carbocycles. The molecule has 0 radical (unpaired) electrons. The Morgan fingerprint density at radius 2 is 1.12 bits per heavy atom. The van der Waals surface area contributed by atoms with Gasteiger partial charge in [0.15, 0.2) is 0 Å². The maximum Gasteiger partial charge on any atom is 0.326 e. The van der Waals surface area contributed by atoms with Crippen molar-refractivity contribution in [3.63, 3.8) is 0 Å². The number of hydrogen-bond acceptors (Lipinski definition) is 10. The Labute approximate surface area is 386 Å². The molecule has 9 N–H and O–H groups in total. The fourth-order valence-electron chi connectivity index (χ4n) is 8.17. The summed E-state index contributed by atoms with van der Waals surface area (Å²) in [6.45, 7) is 5.21. The van der Waals surface area contributed by atoms with Gasteiger partial charge in [-0.25, -0.2) is 13.2 Å². The number of aliphatic hydroxyl groups is 1. The molecule has 0 bridgehead atoms. The molecule has 1 aromatic rings. The van der Waals surface area contributed by atoms with E-state index in [1.165, 1.54) is 6.92 Å². The molecule has 17 nitrogen and oxygen atoms in total. The molecule has 1 fully saturated rings. The van der Waals surface area contributed by atoms with Crippen LogP contribution in [0.3, 0.4) is 0 Å². The van der Waals surface area contributed by atoms with Gasteiger partial charge >= 0.3 is 5.97 Å². The van der Waals surface area contributed by atoms with Gasteiger partial charge in [0.05, 0.1) is 11.9 Å². The standard InChI is InChI=1S/C47H78N6O11S/c1-32(2)29-36(44(58)53-42(43(48)57)35-25-19-16-20-26-35)50-46(60)41(33(3)54)52-40(56)28-22-14-12-10-8-6-5-7-9-11-13-21-27-39(55)49-38(31-65(4,63)64)45(59)51-37(47(61)62)30-34-23-17-15-18-24-34/h15,17-18,23-24,32-33,35-38,41-42,54H,5-14,16,19-22,25-31H2,1-4H3,(H2,48,57)(H,49,55)(H,50,60)(H,51,59)(H,52,56)(H,53,58)(H,61,62)/t33?,36-,37-,38-,41-,42-/m0/s1. The number of sulfone groups is 1. The van der Waals surface area contributed by atoms with Crippen molar-refractivity contribution in [3.8, 4) is 0 Å². The minimum atomic E-state index is -3.68. The molecule has 0 saturated heterocycles. The summed E-state index contributed by atoms with van der Waals surface area (Å²) in [6.07, 6.45) is 15.8. The van der Waals surface area contributed by atoms with Crippen molar-refractivity contribution in [2.24, 2.45) is 17.6 Å². The molecule has 6 atom stereocenters. The molecule has 1 aliphatic rings. The van der Waals surface area contributed by atoms with Gasteiger partial charge < -0.3 is 42.5 Å². The first-order valence-electron chi connectivity index (χ1n) is 23.7. The highest BCUT2D eigenvalue weighted by Gasteiger charge is 2.35. The summed E-state index contributed by atoms with van der Waals surface area (Å²) in [4.78, 5) is 89.2. The normalized spacial score (nSPS) is 16.0. The quantitative estimate of drug-likeness (QED) is 0.0470. The van der Waals surface area contributed by atoms with Crippen LogP contribution >= 0.6 is 0 Å². The number of primary amides is 1. The van der Waals surface area contributed by atoms with Gasteiger partial charge in [-0.15, -0.1) is 0 Å². The van der Waals surface area contributed by atoms with E-state index >= 15 is 0 Å². The number of aliphatic carboxylic acids is 1. The van der Waals surface area contributed by atoms with Crippen molar-refractivity contribution in [3.05, 3.63) is 35.9 Å². The number of carboxylic acid groups (broad SMARTS) is 1. The Morgan fingerprint density at radius 1 is 0.646 bits per heavy atom. The molecule has 0 aromatic heterocycles. The van der Waals surface area contributed by atoms with Gasteiger partial charge in [-0.1, -0.05) is 128 Å². The average Bonchev–Trinajstić information content (AvgIpc) is 3.23. The van der Waals surface area contributed by atoms with E-state index < -0.39 is 87.4 Å². The molecule has 18 heteroatoms. The SMILES string of the molecule is CC(C)C[C@H](NC(=O)[C@@H](NC(=O)CCCCCCCCCCCCCCC(=O)N[C@@H](CS(C)(=O)=O)C(=O)N[C@@H](Cc1ccccc1)C(=O)O)C(C)O)C(=O)N[C@H](C(N)=O)C1CCCCC1. The first-order chi connectivity index (χ1) is 30.8. The first-order valence-corrected chi connectivity index (χ1v) is 25.7. The summed E-state index contributed by atoms with van der Waals surface area (Å²) in [7, 11) is -3.68. The monoisotopic (exact) mass is 935 g/mol. The van der Waals surface area contributed by atoms with Gasteiger partial charge in [0.2, 0.25) is 35.4 Å². The Balaban J connectivity index is 1.62. The smallest absolute Gasteiger partial charge is 0.326 e. The minimum absolute atomic E-state index is 0.00250. The number of rotatable bonds is 33. The summed E-state index contributed by atoms with van der Waals surface area (Å²) in [5.74, 6) is -5.49. The third-order valence-electron chi connectivity index (χ3n) is 11.7.